The lowest BCUT2D eigenvalue weighted by molar-refractivity contribution is 1.30. The van der Waals surface area contributed by atoms with Gasteiger partial charge in [-0.3, -0.25) is 0 Å². The Morgan fingerprint density at radius 3 is 2.22 bits per heavy atom. The van der Waals surface area contributed by atoms with E-state index in [0.29, 0.717) is 0 Å². The Bertz CT molecular complexity index is 156. The molecule has 0 aromatic heterocycles. The lowest BCUT2D eigenvalue weighted by Gasteiger charge is -1.91. The fraction of sp³-hybridized carbons (Fsp3) is 0.333. The molecule has 0 heterocycles. The van der Waals surface area contributed by atoms with E-state index in [-0.39, 0.29) is 0 Å². The van der Waals surface area contributed by atoms with E-state index in [1.807, 2.05) is 0 Å². The van der Waals surface area contributed by atoms with E-state index in [1.165, 1.54) is 16.7 Å². The zero-order valence-corrected chi connectivity index (χ0v) is 6.15. The number of allylic oxidation sites excluding steroid dienone is 6. The van der Waals surface area contributed by atoms with Gasteiger partial charge >= 0.3 is 0 Å². The SMILES string of the molecule is CC1=[C+]C(C)=CC(C)=C1. The van der Waals surface area contributed by atoms with E-state index in [1.54, 1.807) is 0 Å². The van der Waals surface area contributed by atoms with Crippen molar-refractivity contribution in [1.29, 1.82) is 0 Å². The highest BCUT2D eigenvalue weighted by molar-refractivity contribution is 5.37. The molecule has 0 saturated heterocycles. The molecule has 0 bridgehead atoms. The van der Waals surface area contributed by atoms with E-state index < -0.39 is 0 Å². The molecule has 0 unspecified atom stereocenters. The van der Waals surface area contributed by atoms with Gasteiger partial charge < -0.3 is 0 Å². The standard InChI is InChI=1S/C9H11/c1-7-4-8(2)6-9(3)5-7/h4-5H,1-3H3/q+1. The molecular formula is C9H11+. The Kier molecular flexibility index (Phi) is 1.50. The summed E-state index contributed by atoms with van der Waals surface area (Å²) < 4.78 is 0. The van der Waals surface area contributed by atoms with Gasteiger partial charge in [-0.25, -0.2) is 0 Å². The maximum atomic E-state index is 3.21. The van der Waals surface area contributed by atoms with Crippen LogP contribution in [0.1, 0.15) is 20.8 Å². The van der Waals surface area contributed by atoms with E-state index >= 15 is 0 Å². The third kappa shape index (κ3) is 1.51. The van der Waals surface area contributed by atoms with Crippen molar-refractivity contribution in [3.05, 3.63) is 34.9 Å². The average molecular weight is 119 g/mol. The first-order chi connectivity index (χ1) is 4.18. The van der Waals surface area contributed by atoms with Gasteiger partial charge in [0.15, 0.2) is 0 Å². The topological polar surface area (TPSA) is 0 Å². The molecule has 46 valence electrons. The third-order valence-electron chi connectivity index (χ3n) is 1.28. The molecule has 0 saturated carbocycles. The highest BCUT2D eigenvalue weighted by Crippen LogP contribution is 2.13. The van der Waals surface area contributed by atoms with E-state index in [0.717, 1.165) is 0 Å². The smallest absolute Gasteiger partial charge is 0.0143 e. The second-order valence-corrected chi connectivity index (χ2v) is 2.52. The van der Waals surface area contributed by atoms with Crippen molar-refractivity contribution in [3.63, 3.8) is 0 Å². The zero-order valence-electron chi connectivity index (χ0n) is 6.15. The first-order valence-electron chi connectivity index (χ1n) is 3.15. The normalized spacial score (nSPS) is 17.4. The Morgan fingerprint density at radius 1 is 1.11 bits per heavy atom. The summed E-state index contributed by atoms with van der Waals surface area (Å²) in [4.78, 5) is 0. The molecule has 1 rings (SSSR count). The van der Waals surface area contributed by atoms with Crippen molar-refractivity contribution in [2.75, 3.05) is 0 Å². The summed E-state index contributed by atoms with van der Waals surface area (Å²) in [6.07, 6.45) is 7.47. The predicted molar refractivity (Wildman–Crippen MR) is 39.9 cm³/mol. The van der Waals surface area contributed by atoms with Crippen molar-refractivity contribution in [2.24, 2.45) is 0 Å². The largest absolute Gasteiger partial charge is 0.113 e. The van der Waals surface area contributed by atoms with Crippen LogP contribution in [-0.2, 0) is 0 Å². The molecule has 0 aromatic carbocycles. The molecule has 0 fully saturated rings. The highest BCUT2D eigenvalue weighted by atomic mass is 14.0. The summed E-state index contributed by atoms with van der Waals surface area (Å²) >= 11 is 0. The van der Waals surface area contributed by atoms with Crippen LogP contribution in [0.15, 0.2) is 28.9 Å². The summed E-state index contributed by atoms with van der Waals surface area (Å²) in [5.74, 6) is 0. The lowest BCUT2D eigenvalue weighted by atomic mass is 10.0. The average Bonchev–Trinajstić information content (AvgIpc) is 1.59. The quantitative estimate of drug-likeness (QED) is 0.430. The minimum absolute atomic E-state index is 1.23. The first-order valence-corrected chi connectivity index (χ1v) is 3.15. The molecule has 0 heteroatoms. The number of hydrogen-bond acceptors (Lipinski definition) is 0. The molecule has 1 aliphatic rings. The molecular weight excluding hydrogens is 108 g/mol. The Morgan fingerprint density at radius 2 is 1.78 bits per heavy atom. The molecule has 0 atom stereocenters. The molecule has 1 aliphatic carbocycles. The molecule has 0 aliphatic heterocycles. The van der Waals surface area contributed by atoms with Crippen LogP contribution in [0, 0.1) is 6.08 Å². The number of rotatable bonds is 0. The second-order valence-electron chi connectivity index (χ2n) is 2.52. The van der Waals surface area contributed by atoms with Gasteiger partial charge in [-0.05, 0) is 20.8 Å². The van der Waals surface area contributed by atoms with Gasteiger partial charge in [0.05, 0.1) is 17.7 Å². The van der Waals surface area contributed by atoms with Gasteiger partial charge in [0, 0.05) is 6.08 Å². The second kappa shape index (κ2) is 2.16. The number of hydrogen-bond donors (Lipinski definition) is 0. The maximum Gasteiger partial charge on any atom is 0.113 e. The monoisotopic (exact) mass is 119 g/mol. The van der Waals surface area contributed by atoms with Crippen LogP contribution in [0.25, 0.3) is 0 Å². The molecule has 9 heavy (non-hydrogen) atoms. The van der Waals surface area contributed by atoms with Crippen molar-refractivity contribution in [3.8, 4) is 0 Å². The van der Waals surface area contributed by atoms with Crippen LogP contribution in [0.2, 0.25) is 0 Å². The van der Waals surface area contributed by atoms with Crippen molar-refractivity contribution >= 4 is 0 Å². The molecule has 0 N–H and O–H groups in total. The van der Waals surface area contributed by atoms with Crippen LogP contribution < -0.4 is 0 Å². The van der Waals surface area contributed by atoms with Crippen LogP contribution in [0.5, 0.6) is 0 Å². The van der Waals surface area contributed by atoms with Crippen molar-refractivity contribution in [1.82, 2.24) is 0 Å². The summed E-state index contributed by atoms with van der Waals surface area (Å²) in [7, 11) is 0. The molecule has 0 nitrogen and oxygen atoms in total. The van der Waals surface area contributed by atoms with Gasteiger partial charge in [-0.1, -0.05) is 0 Å². The van der Waals surface area contributed by atoms with Gasteiger partial charge in [0.2, 0.25) is 0 Å². The predicted octanol–water partition coefficient (Wildman–Crippen LogP) is 2.64. The summed E-state index contributed by atoms with van der Waals surface area (Å²) in [6.45, 7) is 6.24. The summed E-state index contributed by atoms with van der Waals surface area (Å²) in [6, 6.07) is 0. The summed E-state index contributed by atoms with van der Waals surface area (Å²) in [5, 5.41) is 0. The van der Waals surface area contributed by atoms with Crippen LogP contribution in [0.4, 0.5) is 0 Å². The lowest BCUT2D eigenvalue weighted by Crippen LogP contribution is -1.83. The maximum absolute atomic E-state index is 3.21. The minimum atomic E-state index is 1.23. The molecule has 0 amide bonds. The molecule has 0 radical (unpaired) electrons. The van der Waals surface area contributed by atoms with Crippen LogP contribution in [0.3, 0.4) is 0 Å². The molecule has 0 aromatic rings. The molecule has 0 spiro atoms. The van der Waals surface area contributed by atoms with Crippen molar-refractivity contribution < 1.29 is 0 Å². The van der Waals surface area contributed by atoms with Gasteiger partial charge in [0.25, 0.3) is 0 Å². The van der Waals surface area contributed by atoms with E-state index in [4.69, 9.17) is 0 Å². The van der Waals surface area contributed by atoms with E-state index in [9.17, 15) is 0 Å². The third-order valence-corrected chi connectivity index (χ3v) is 1.28. The zero-order chi connectivity index (χ0) is 6.85. The van der Waals surface area contributed by atoms with Gasteiger partial charge in [-0.15, -0.1) is 0 Å². The Labute approximate surface area is 56.6 Å². The van der Waals surface area contributed by atoms with E-state index in [2.05, 4.69) is 39.0 Å². The van der Waals surface area contributed by atoms with Crippen LogP contribution >= 0.6 is 0 Å². The fourth-order valence-electron chi connectivity index (χ4n) is 1.11. The van der Waals surface area contributed by atoms with Crippen LogP contribution in [-0.4, -0.2) is 0 Å². The summed E-state index contributed by atoms with van der Waals surface area (Å²) in [5.41, 5.74) is 3.78. The fourth-order valence-corrected chi connectivity index (χ4v) is 1.11. The Hall–Kier alpha value is -0.870. The van der Waals surface area contributed by atoms with Gasteiger partial charge in [0.1, 0.15) is 11.1 Å². The Balaban J connectivity index is 2.98. The first kappa shape index (κ1) is 6.25. The highest BCUT2D eigenvalue weighted by Gasteiger charge is 2.05. The van der Waals surface area contributed by atoms with Gasteiger partial charge in [-0.2, -0.15) is 0 Å². The van der Waals surface area contributed by atoms with Crippen molar-refractivity contribution in [2.45, 2.75) is 20.8 Å². The minimum Gasteiger partial charge on any atom is -0.0143 e.